The van der Waals surface area contributed by atoms with Gasteiger partial charge >= 0.3 is 19.3 Å². The van der Waals surface area contributed by atoms with Gasteiger partial charge in [0.25, 0.3) is 15.9 Å². The summed E-state index contributed by atoms with van der Waals surface area (Å²) in [4.78, 5) is 72.7. The van der Waals surface area contributed by atoms with Crippen molar-refractivity contribution in [2.24, 2.45) is 16.7 Å². The van der Waals surface area contributed by atoms with Crippen LogP contribution >= 0.6 is 0 Å². The smallest absolute Gasteiger partial charge is 0.449 e. The zero-order valence-electron chi connectivity index (χ0n) is 34.7. The summed E-state index contributed by atoms with van der Waals surface area (Å²) in [5.74, 6) is -3.07. The lowest BCUT2D eigenvalue weighted by Crippen LogP contribution is -2.60. The minimum absolute atomic E-state index is 0.0170. The van der Waals surface area contributed by atoms with Crippen molar-refractivity contribution in [3.8, 4) is 0 Å². The molecule has 322 valence electrons. The van der Waals surface area contributed by atoms with Crippen LogP contribution in [0.15, 0.2) is 53.9 Å². The van der Waals surface area contributed by atoms with Crippen molar-refractivity contribution in [2.75, 3.05) is 13.2 Å². The van der Waals surface area contributed by atoms with Crippen LogP contribution in [0.4, 0.5) is 9.59 Å². The van der Waals surface area contributed by atoms with Crippen LogP contribution in [0.5, 0.6) is 0 Å². The maximum atomic E-state index is 14.6. The highest BCUT2D eigenvalue weighted by Crippen LogP contribution is 2.45. The van der Waals surface area contributed by atoms with Gasteiger partial charge in [-0.25, -0.2) is 22.7 Å². The summed E-state index contributed by atoms with van der Waals surface area (Å²) < 4.78 is 46.0. The number of rotatable bonds is 6. The fourth-order valence-corrected chi connectivity index (χ4v) is 9.74. The van der Waals surface area contributed by atoms with Crippen molar-refractivity contribution in [1.29, 1.82) is 0 Å². The number of aryl methyl sites for hydroxylation is 1. The number of carbonyl (C=O) groups is 5. The quantitative estimate of drug-likeness (QED) is 0.246. The van der Waals surface area contributed by atoms with Crippen molar-refractivity contribution in [3.63, 3.8) is 0 Å². The number of hydrogen-bond acceptors (Lipinski definition) is 11. The molecule has 16 nitrogen and oxygen atoms in total. The first kappa shape index (κ1) is 43.2. The third-order valence-electron chi connectivity index (χ3n) is 12.3. The Balaban J connectivity index is 1.15. The van der Waals surface area contributed by atoms with E-state index in [4.69, 9.17) is 14.1 Å². The Morgan fingerprint density at radius 1 is 1.07 bits per heavy atom. The number of fused-ring (bicyclic) bond motifs is 4. The molecule has 18 heteroatoms. The largest absolute Gasteiger partial charge is 0.491 e. The summed E-state index contributed by atoms with van der Waals surface area (Å²) in [5, 5.41) is 15.5. The number of alkyl carbamates (subject to hydrolysis) is 1. The van der Waals surface area contributed by atoms with E-state index < -0.39 is 82.1 Å². The summed E-state index contributed by atoms with van der Waals surface area (Å²) in [5.41, 5.74) is 1.16. The fourth-order valence-electron chi connectivity index (χ4n) is 8.66. The number of nitrogens with one attached hydrogen (secondary N) is 3. The second-order valence-corrected chi connectivity index (χ2v) is 20.2. The molecule has 60 heavy (non-hydrogen) atoms. The SMILES string of the molecule is C=C[C@@H]1C[C@]1(NC(=O)[C@@H]1C[C@@H]2CN1C(=O)[C@H](C(C)(C)C)NC(=O)OCC(C)(C)CCCCc1cccc3c1CN(C3)C(=O)O2)C(=O)NS(=O)(=O)c1ccc2c(c1)COB2O. The third kappa shape index (κ3) is 8.77. The Kier molecular flexibility index (Phi) is 11.6. The van der Waals surface area contributed by atoms with E-state index in [1.807, 2.05) is 26.0 Å². The number of hydrogen-bond donors (Lipinski definition) is 4. The topological polar surface area (TPSA) is 210 Å². The molecule has 1 saturated carbocycles. The molecule has 4 bridgehead atoms. The summed E-state index contributed by atoms with van der Waals surface area (Å²) in [7, 11) is -5.65. The van der Waals surface area contributed by atoms with Crippen molar-refractivity contribution >= 4 is 52.5 Å². The van der Waals surface area contributed by atoms with Crippen molar-refractivity contribution < 1.29 is 51.5 Å². The molecule has 0 unspecified atom stereocenters. The molecule has 1 saturated heterocycles. The predicted molar refractivity (Wildman–Crippen MR) is 218 cm³/mol. The summed E-state index contributed by atoms with van der Waals surface area (Å²) >= 11 is 0. The third-order valence-corrected chi connectivity index (χ3v) is 13.7. The normalized spacial score (nSPS) is 27.0. The van der Waals surface area contributed by atoms with E-state index in [1.165, 1.54) is 29.2 Å². The molecular weight excluding hydrogens is 793 g/mol. The van der Waals surface area contributed by atoms with Gasteiger partial charge in [-0.3, -0.25) is 19.3 Å². The van der Waals surface area contributed by atoms with Crippen molar-refractivity contribution in [2.45, 2.75) is 121 Å². The lowest BCUT2D eigenvalue weighted by atomic mass is 9.80. The number of cyclic esters (lactones) is 1. The van der Waals surface area contributed by atoms with Crippen LogP contribution in [0.25, 0.3) is 0 Å². The van der Waals surface area contributed by atoms with E-state index in [2.05, 4.69) is 28.0 Å². The Hall–Kier alpha value is -4.94. The molecule has 7 rings (SSSR count). The number of ether oxygens (including phenoxy) is 2. The lowest BCUT2D eigenvalue weighted by molar-refractivity contribution is -0.143. The predicted octanol–water partition coefficient (Wildman–Crippen LogP) is 2.79. The van der Waals surface area contributed by atoms with Crippen LogP contribution in [-0.4, -0.2) is 97.1 Å². The molecule has 5 amide bonds. The number of sulfonamides is 1. The molecule has 5 aliphatic rings. The van der Waals surface area contributed by atoms with Gasteiger partial charge in [-0.15, -0.1) is 6.58 Å². The average Bonchev–Trinajstić information content (AvgIpc) is 3.47. The van der Waals surface area contributed by atoms with Crippen molar-refractivity contribution in [1.82, 2.24) is 25.2 Å². The summed E-state index contributed by atoms with van der Waals surface area (Å²) in [6.45, 7) is 13.7. The molecule has 1 aliphatic carbocycles. The van der Waals surface area contributed by atoms with Crippen molar-refractivity contribution in [3.05, 3.63) is 71.3 Å². The Morgan fingerprint density at radius 3 is 2.53 bits per heavy atom. The number of amides is 5. The molecule has 4 N–H and O–H groups in total. The second kappa shape index (κ2) is 16.2. The van der Waals surface area contributed by atoms with Gasteiger partial charge in [0.15, 0.2) is 0 Å². The maximum absolute atomic E-state index is 14.6. The van der Waals surface area contributed by atoms with E-state index >= 15 is 0 Å². The molecule has 4 heterocycles. The second-order valence-electron chi connectivity index (χ2n) is 18.5. The van der Waals surface area contributed by atoms with E-state index in [1.54, 1.807) is 25.7 Å². The first-order chi connectivity index (χ1) is 28.2. The van der Waals surface area contributed by atoms with Gasteiger partial charge in [-0.05, 0) is 76.4 Å². The van der Waals surface area contributed by atoms with Gasteiger partial charge in [0, 0.05) is 25.4 Å². The zero-order chi connectivity index (χ0) is 43.4. The van der Waals surface area contributed by atoms with Gasteiger partial charge in [0.05, 0.1) is 24.7 Å². The van der Waals surface area contributed by atoms with Gasteiger partial charge in [-0.2, -0.15) is 0 Å². The Bertz CT molecular complexity index is 2210. The zero-order valence-corrected chi connectivity index (χ0v) is 35.6. The highest BCUT2D eigenvalue weighted by atomic mass is 32.2. The monoisotopic (exact) mass is 847 g/mol. The molecular formula is C42H54BN5O11S. The van der Waals surface area contributed by atoms with Crippen LogP contribution in [0, 0.1) is 16.7 Å². The molecule has 2 aromatic carbocycles. The molecule has 2 aromatic rings. The highest BCUT2D eigenvalue weighted by Gasteiger charge is 2.61. The lowest BCUT2D eigenvalue weighted by Gasteiger charge is -2.35. The number of carbonyl (C=O) groups excluding carboxylic acids is 5. The fraction of sp³-hybridized carbons (Fsp3) is 0.548. The molecule has 4 aliphatic heterocycles. The van der Waals surface area contributed by atoms with Crippen LogP contribution in [0.3, 0.4) is 0 Å². The summed E-state index contributed by atoms with van der Waals surface area (Å²) in [6.07, 6.45) is 2.38. The van der Waals surface area contributed by atoms with Gasteiger partial charge < -0.3 is 34.7 Å². The highest BCUT2D eigenvalue weighted by molar-refractivity contribution is 7.90. The standard InChI is InChI=1S/C42H54BN5O11S/c1-7-28-19-42(28,37(51)46-60(55,56)30-14-15-32-27(17-30)23-58-43(32)54)45-35(49)33-18-29-21-48(33)36(50)34(40(2,3)4)44-38(52)57-24-41(5,6)16-9-8-11-25-12-10-13-26-20-47(22-31(25)26)39(53)59-29/h7,10,12-15,17,28-29,33-34,54H,1,8-9,11,16,18-24H2,2-6H3,(H,44,52)(H,45,49)(H,46,51)/t28-,29-,33+,34-,42-/m1/s1. The minimum atomic E-state index is -4.46. The number of nitrogens with zero attached hydrogens (tertiary/aromatic N) is 2. The molecule has 0 aromatic heterocycles. The van der Waals surface area contributed by atoms with Crippen LogP contribution in [0.1, 0.15) is 89.0 Å². The maximum Gasteiger partial charge on any atom is 0.491 e. The molecule has 0 spiro atoms. The van der Waals surface area contributed by atoms with Crippen LogP contribution < -0.4 is 20.8 Å². The van der Waals surface area contributed by atoms with Gasteiger partial charge in [0.2, 0.25) is 11.8 Å². The Morgan fingerprint density at radius 2 is 1.82 bits per heavy atom. The van der Waals surface area contributed by atoms with Gasteiger partial charge in [-0.1, -0.05) is 71.4 Å². The first-order valence-electron chi connectivity index (χ1n) is 20.4. The van der Waals surface area contributed by atoms with E-state index in [0.29, 0.717) is 24.1 Å². The van der Waals surface area contributed by atoms with E-state index in [-0.39, 0.29) is 42.9 Å². The number of benzene rings is 2. The molecule has 5 atom stereocenters. The molecule has 2 fully saturated rings. The van der Waals surface area contributed by atoms with Gasteiger partial charge in [0.1, 0.15) is 23.7 Å². The molecule has 0 radical (unpaired) electrons. The van der Waals surface area contributed by atoms with E-state index in [9.17, 15) is 37.4 Å². The minimum Gasteiger partial charge on any atom is -0.449 e. The van der Waals surface area contributed by atoms with E-state index in [0.717, 1.165) is 42.4 Å². The average molecular weight is 848 g/mol. The van der Waals surface area contributed by atoms with Crippen LogP contribution in [-0.2, 0) is 64.7 Å². The van der Waals surface area contributed by atoms with Crippen LogP contribution in [0.2, 0.25) is 0 Å². The Labute approximate surface area is 350 Å². The summed E-state index contributed by atoms with van der Waals surface area (Å²) in [6, 6.07) is 7.53. The first-order valence-corrected chi connectivity index (χ1v) is 21.9.